The summed E-state index contributed by atoms with van der Waals surface area (Å²) in [6, 6.07) is 9.09. The normalized spacial score (nSPS) is 12.5. The van der Waals surface area contributed by atoms with Gasteiger partial charge in [-0.2, -0.15) is 0 Å². The molecule has 2 aromatic rings. The molecule has 1 atom stereocenters. The summed E-state index contributed by atoms with van der Waals surface area (Å²) >= 11 is 5.66. The Morgan fingerprint density at radius 3 is 2.30 bits per heavy atom. The van der Waals surface area contributed by atoms with Crippen molar-refractivity contribution in [2.24, 2.45) is 0 Å². The van der Waals surface area contributed by atoms with E-state index in [0.29, 0.717) is 5.75 Å². The topological polar surface area (TPSA) is 84.5 Å². The van der Waals surface area contributed by atoms with Crippen molar-refractivity contribution < 1.29 is 22.3 Å². The maximum absolute atomic E-state index is 13.2. The van der Waals surface area contributed by atoms with Crippen LogP contribution in [-0.4, -0.2) is 26.5 Å². The summed E-state index contributed by atoms with van der Waals surface area (Å²) in [5, 5.41) is 2.54. The Labute approximate surface area is 162 Å². The van der Waals surface area contributed by atoms with Gasteiger partial charge in [0, 0.05) is 6.04 Å². The van der Waals surface area contributed by atoms with Gasteiger partial charge in [0.1, 0.15) is 11.6 Å². The molecule has 0 aliphatic rings. The van der Waals surface area contributed by atoms with Crippen molar-refractivity contribution in [1.82, 2.24) is 5.32 Å². The number of anilines is 1. The minimum absolute atomic E-state index is 0.0119. The second-order valence-electron chi connectivity index (χ2n) is 6.13. The van der Waals surface area contributed by atoms with Gasteiger partial charge < -0.3 is 10.1 Å². The largest absolute Gasteiger partial charge is 0.481 e. The van der Waals surface area contributed by atoms with Gasteiger partial charge in [-0.05, 0) is 63.2 Å². The number of rotatable bonds is 7. The Morgan fingerprint density at radius 1 is 1.11 bits per heavy atom. The van der Waals surface area contributed by atoms with Crippen LogP contribution in [0.5, 0.6) is 5.75 Å². The Bertz CT molecular complexity index is 917. The minimum atomic E-state index is -3.89. The molecule has 0 heterocycles. The van der Waals surface area contributed by atoms with Crippen molar-refractivity contribution in [3.05, 3.63) is 53.3 Å². The van der Waals surface area contributed by atoms with E-state index in [4.69, 9.17) is 16.3 Å². The first-order chi connectivity index (χ1) is 12.6. The molecular weight excluding hydrogens is 395 g/mol. The molecule has 0 saturated carbocycles. The summed E-state index contributed by atoms with van der Waals surface area (Å²) in [5.74, 6) is -0.557. The second kappa shape index (κ2) is 8.58. The highest BCUT2D eigenvalue weighted by molar-refractivity contribution is 7.92. The summed E-state index contributed by atoms with van der Waals surface area (Å²) in [6.07, 6.45) is -0.727. The van der Waals surface area contributed by atoms with Crippen LogP contribution in [0.1, 0.15) is 20.8 Å². The smallest absolute Gasteiger partial charge is 0.261 e. The van der Waals surface area contributed by atoms with Gasteiger partial charge in [0.2, 0.25) is 0 Å². The average Bonchev–Trinajstić information content (AvgIpc) is 2.58. The Balaban J connectivity index is 2.08. The maximum atomic E-state index is 13.2. The first-order valence-electron chi connectivity index (χ1n) is 8.13. The molecule has 0 aromatic heterocycles. The molecule has 2 N–H and O–H groups in total. The molecule has 0 aliphatic heterocycles. The summed E-state index contributed by atoms with van der Waals surface area (Å²) in [7, 11) is -3.89. The van der Waals surface area contributed by atoms with Gasteiger partial charge >= 0.3 is 0 Å². The number of amides is 1. The molecule has 6 nitrogen and oxygen atoms in total. The summed E-state index contributed by atoms with van der Waals surface area (Å²) in [5.41, 5.74) is 0.140. The van der Waals surface area contributed by atoms with Crippen LogP contribution in [0.15, 0.2) is 47.4 Å². The first kappa shape index (κ1) is 21.0. The number of halogens is 2. The fourth-order valence-electron chi connectivity index (χ4n) is 2.13. The summed E-state index contributed by atoms with van der Waals surface area (Å²) in [4.78, 5) is 11.8. The highest BCUT2D eigenvalue weighted by atomic mass is 35.5. The SMILES string of the molecule is CC(C)NC(=O)[C@@H](C)Oc1ccc(S(=O)(=O)Nc2ccc(F)c(Cl)c2)cc1. The number of nitrogens with one attached hydrogen (secondary N) is 2. The molecular formula is C18H20ClFN2O4S. The molecule has 2 rings (SSSR count). The number of carbonyl (C=O) groups excluding carboxylic acids is 1. The minimum Gasteiger partial charge on any atom is -0.481 e. The van der Waals surface area contributed by atoms with E-state index < -0.39 is 21.9 Å². The van der Waals surface area contributed by atoms with Crippen LogP contribution in [0.3, 0.4) is 0 Å². The quantitative estimate of drug-likeness (QED) is 0.725. The standard InChI is InChI=1S/C18H20ClFN2O4S/c1-11(2)21-18(23)12(3)26-14-5-7-15(8-6-14)27(24,25)22-13-4-9-17(20)16(19)10-13/h4-12,22H,1-3H3,(H,21,23)/t12-/m1/s1. The van der Waals surface area contributed by atoms with Crippen LogP contribution in [0, 0.1) is 5.82 Å². The van der Waals surface area contributed by atoms with Crippen molar-refractivity contribution >= 4 is 33.2 Å². The molecule has 0 unspecified atom stereocenters. The number of carbonyl (C=O) groups is 1. The molecule has 146 valence electrons. The van der Waals surface area contributed by atoms with Gasteiger partial charge in [0.15, 0.2) is 6.10 Å². The van der Waals surface area contributed by atoms with E-state index in [2.05, 4.69) is 10.0 Å². The molecule has 0 spiro atoms. The van der Waals surface area contributed by atoms with E-state index in [1.54, 1.807) is 6.92 Å². The molecule has 1 amide bonds. The van der Waals surface area contributed by atoms with Crippen LogP contribution < -0.4 is 14.8 Å². The number of benzene rings is 2. The molecule has 0 saturated heterocycles. The lowest BCUT2D eigenvalue weighted by Gasteiger charge is -2.16. The van der Waals surface area contributed by atoms with Crippen molar-refractivity contribution in [2.45, 2.75) is 37.8 Å². The van der Waals surface area contributed by atoms with Gasteiger partial charge in [-0.15, -0.1) is 0 Å². The zero-order valence-corrected chi connectivity index (χ0v) is 16.6. The number of hydrogen-bond donors (Lipinski definition) is 2. The Hall–Kier alpha value is -2.32. The third-order valence-corrected chi connectivity index (χ3v) is 5.11. The Morgan fingerprint density at radius 2 is 1.74 bits per heavy atom. The van der Waals surface area contributed by atoms with E-state index in [1.807, 2.05) is 13.8 Å². The van der Waals surface area contributed by atoms with Gasteiger partial charge in [-0.3, -0.25) is 9.52 Å². The van der Waals surface area contributed by atoms with Gasteiger partial charge in [-0.1, -0.05) is 11.6 Å². The fraction of sp³-hybridized carbons (Fsp3) is 0.278. The first-order valence-corrected chi connectivity index (χ1v) is 9.99. The van der Waals surface area contributed by atoms with Gasteiger partial charge in [-0.25, -0.2) is 12.8 Å². The Kier molecular flexibility index (Phi) is 6.67. The second-order valence-corrected chi connectivity index (χ2v) is 8.22. The molecule has 27 heavy (non-hydrogen) atoms. The van der Waals surface area contributed by atoms with Crippen LogP contribution in [-0.2, 0) is 14.8 Å². The van der Waals surface area contributed by atoms with Crippen LogP contribution in [0.25, 0.3) is 0 Å². The van der Waals surface area contributed by atoms with E-state index in [0.717, 1.165) is 6.07 Å². The van der Waals surface area contributed by atoms with Crippen LogP contribution in [0.2, 0.25) is 5.02 Å². The molecule has 9 heteroatoms. The van der Waals surface area contributed by atoms with Crippen LogP contribution >= 0.6 is 11.6 Å². The predicted molar refractivity (Wildman–Crippen MR) is 102 cm³/mol. The lowest BCUT2D eigenvalue weighted by atomic mass is 10.3. The lowest BCUT2D eigenvalue weighted by molar-refractivity contribution is -0.127. The molecule has 0 bridgehead atoms. The van der Waals surface area contributed by atoms with E-state index >= 15 is 0 Å². The summed E-state index contributed by atoms with van der Waals surface area (Å²) in [6.45, 7) is 5.28. The zero-order chi connectivity index (χ0) is 20.2. The molecule has 0 fully saturated rings. The van der Waals surface area contributed by atoms with E-state index in [-0.39, 0.29) is 27.6 Å². The number of ether oxygens (including phenoxy) is 1. The number of hydrogen-bond acceptors (Lipinski definition) is 4. The van der Waals surface area contributed by atoms with Crippen molar-refractivity contribution in [1.29, 1.82) is 0 Å². The third kappa shape index (κ3) is 5.83. The highest BCUT2D eigenvalue weighted by Crippen LogP contribution is 2.23. The fourth-order valence-corrected chi connectivity index (χ4v) is 3.36. The lowest BCUT2D eigenvalue weighted by Crippen LogP contribution is -2.40. The highest BCUT2D eigenvalue weighted by Gasteiger charge is 2.18. The summed E-state index contributed by atoms with van der Waals surface area (Å²) < 4.78 is 45.8. The molecule has 2 aromatic carbocycles. The monoisotopic (exact) mass is 414 g/mol. The average molecular weight is 415 g/mol. The van der Waals surface area contributed by atoms with E-state index in [9.17, 15) is 17.6 Å². The van der Waals surface area contributed by atoms with Crippen LogP contribution in [0.4, 0.5) is 10.1 Å². The predicted octanol–water partition coefficient (Wildman–Crippen LogP) is 3.57. The van der Waals surface area contributed by atoms with Gasteiger partial charge in [0.25, 0.3) is 15.9 Å². The molecule has 0 radical (unpaired) electrons. The number of sulfonamides is 1. The zero-order valence-electron chi connectivity index (χ0n) is 15.0. The maximum Gasteiger partial charge on any atom is 0.261 e. The van der Waals surface area contributed by atoms with Crippen molar-refractivity contribution in [2.75, 3.05) is 4.72 Å². The van der Waals surface area contributed by atoms with Crippen molar-refractivity contribution in [3.8, 4) is 5.75 Å². The van der Waals surface area contributed by atoms with Crippen molar-refractivity contribution in [3.63, 3.8) is 0 Å². The molecule has 0 aliphatic carbocycles. The van der Waals surface area contributed by atoms with E-state index in [1.165, 1.54) is 36.4 Å². The van der Waals surface area contributed by atoms with Gasteiger partial charge in [0.05, 0.1) is 15.6 Å². The third-order valence-electron chi connectivity index (χ3n) is 3.42.